The Balaban J connectivity index is 1.65. The average molecular weight is 352 g/mol. The van der Waals surface area contributed by atoms with Crippen LogP contribution in [0, 0.1) is 19.8 Å². The molecule has 0 spiro atoms. The second kappa shape index (κ2) is 7.60. The van der Waals surface area contributed by atoms with Crippen LogP contribution < -0.4 is 15.0 Å². The Kier molecular flexibility index (Phi) is 5.26. The third kappa shape index (κ3) is 3.87. The van der Waals surface area contributed by atoms with Crippen molar-refractivity contribution in [1.82, 2.24) is 0 Å². The Morgan fingerprint density at radius 1 is 1.15 bits per heavy atom. The summed E-state index contributed by atoms with van der Waals surface area (Å²) in [6.45, 7) is 7.00. The Labute approximate surface area is 154 Å². The lowest BCUT2D eigenvalue weighted by atomic mass is 10.1. The number of aryl methyl sites for hydroxylation is 2. The molecule has 5 heteroatoms. The Morgan fingerprint density at radius 3 is 2.54 bits per heavy atom. The van der Waals surface area contributed by atoms with Crippen LogP contribution in [0.1, 0.15) is 24.5 Å². The molecule has 0 bridgehead atoms. The van der Waals surface area contributed by atoms with E-state index in [-0.39, 0.29) is 24.2 Å². The summed E-state index contributed by atoms with van der Waals surface area (Å²) in [5.41, 5.74) is 3.88. The zero-order chi connectivity index (χ0) is 18.7. The Bertz CT molecular complexity index is 815. The van der Waals surface area contributed by atoms with Crippen LogP contribution in [0.5, 0.6) is 5.75 Å². The van der Waals surface area contributed by atoms with E-state index in [9.17, 15) is 9.59 Å². The van der Waals surface area contributed by atoms with Gasteiger partial charge in [0.2, 0.25) is 11.8 Å². The number of benzene rings is 2. The van der Waals surface area contributed by atoms with Gasteiger partial charge in [0.25, 0.3) is 0 Å². The molecule has 2 aromatic rings. The highest BCUT2D eigenvalue weighted by molar-refractivity contribution is 6.03. The molecule has 5 nitrogen and oxygen atoms in total. The lowest BCUT2D eigenvalue weighted by Gasteiger charge is -2.18. The predicted octanol–water partition coefficient (Wildman–Crippen LogP) is 3.69. The second-order valence-corrected chi connectivity index (χ2v) is 6.62. The number of hydrogen-bond acceptors (Lipinski definition) is 3. The topological polar surface area (TPSA) is 58.6 Å². The fourth-order valence-corrected chi connectivity index (χ4v) is 3.07. The summed E-state index contributed by atoms with van der Waals surface area (Å²) in [7, 11) is 0. The van der Waals surface area contributed by atoms with E-state index < -0.39 is 0 Å². The van der Waals surface area contributed by atoms with Crippen molar-refractivity contribution in [2.24, 2.45) is 5.92 Å². The highest BCUT2D eigenvalue weighted by atomic mass is 16.5. The molecule has 2 aromatic carbocycles. The maximum atomic E-state index is 12.5. The molecule has 1 aliphatic heterocycles. The molecule has 1 fully saturated rings. The molecule has 1 aliphatic rings. The molecule has 1 saturated heterocycles. The molecular weight excluding hydrogens is 328 g/mol. The van der Waals surface area contributed by atoms with Crippen LogP contribution >= 0.6 is 0 Å². The molecular formula is C21H24N2O3. The van der Waals surface area contributed by atoms with Crippen molar-refractivity contribution < 1.29 is 14.3 Å². The Hall–Kier alpha value is -2.82. The minimum absolute atomic E-state index is 0.0138. The van der Waals surface area contributed by atoms with Crippen molar-refractivity contribution in [3.8, 4) is 5.75 Å². The highest BCUT2D eigenvalue weighted by Gasteiger charge is 2.35. The number of nitrogens with zero attached hydrogens (tertiary/aromatic N) is 1. The highest BCUT2D eigenvalue weighted by Crippen LogP contribution is 2.27. The minimum Gasteiger partial charge on any atom is -0.494 e. The Morgan fingerprint density at radius 2 is 1.88 bits per heavy atom. The van der Waals surface area contributed by atoms with Crippen molar-refractivity contribution in [1.29, 1.82) is 0 Å². The van der Waals surface area contributed by atoms with Crippen molar-refractivity contribution in [2.45, 2.75) is 27.2 Å². The minimum atomic E-state index is -0.351. The molecule has 0 aromatic heterocycles. The van der Waals surface area contributed by atoms with Crippen LogP contribution in [0.4, 0.5) is 11.4 Å². The van der Waals surface area contributed by atoms with Gasteiger partial charge in [-0.2, -0.15) is 0 Å². The number of nitrogens with one attached hydrogen (secondary N) is 1. The smallest absolute Gasteiger partial charge is 0.229 e. The monoisotopic (exact) mass is 352 g/mol. The van der Waals surface area contributed by atoms with Crippen molar-refractivity contribution in [3.63, 3.8) is 0 Å². The zero-order valence-corrected chi connectivity index (χ0v) is 15.4. The van der Waals surface area contributed by atoms with Gasteiger partial charge in [-0.15, -0.1) is 0 Å². The SMILES string of the molecule is CCOc1ccc(NC(=O)[C@H]2CC(=O)N(c3ccc(C)c(C)c3)C2)cc1. The van der Waals surface area contributed by atoms with E-state index in [1.807, 2.05) is 51.1 Å². The molecule has 1 heterocycles. The molecule has 1 N–H and O–H groups in total. The van der Waals surface area contributed by atoms with E-state index in [1.54, 1.807) is 17.0 Å². The fourth-order valence-electron chi connectivity index (χ4n) is 3.07. The van der Waals surface area contributed by atoms with Gasteiger partial charge in [0.1, 0.15) is 5.75 Å². The first kappa shape index (κ1) is 18.0. The van der Waals surface area contributed by atoms with Gasteiger partial charge in [0.05, 0.1) is 12.5 Å². The van der Waals surface area contributed by atoms with E-state index in [4.69, 9.17) is 4.74 Å². The largest absolute Gasteiger partial charge is 0.494 e. The van der Waals surface area contributed by atoms with Gasteiger partial charge < -0.3 is 15.0 Å². The molecule has 1 atom stereocenters. The lowest BCUT2D eigenvalue weighted by molar-refractivity contribution is -0.122. The summed E-state index contributed by atoms with van der Waals surface area (Å²) in [6, 6.07) is 13.2. The van der Waals surface area contributed by atoms with E-state index >= 15 is 0 Å². The first-order valence-corrected chi connectivity index (χ1v) is 8.89. The first-order valence-electron chi connectivity index (χ1n) is 8.89. The molecule has 2 amide bonds. The van der Waals surface area contributed by atoms with Gasteiger partial charge in [0, 0.05) is 24.3 Å². The maximum absolute atomic E-state index is 12.5. The van der Waals surface area contributed by atoms with Crippen LogP contribution in [0.3, 0.4) is 0 Å². The number of carbonyl (C=O) groups is 2. The number of carbonyl (C=O) groups excluding carboxylic acids is 2. The van der Waals surface area contributed by atoms with E-state index in [2.05, 4.69) is 5.32 Å². The van der Waals surface area contributed by atoms with Crippen molar-refractivity contribution >= 4 is 23.2 Å². The average Bonchev–Trinajstić information content (AvgIpc) is 3.01. The van der Waals surface area contributed by atoms with Crippen LogP contribution in [0.2, 0.25) is 0 Å². The van der Waals surface area contributed by atoms with Gasteiger partial charge in [0.15, 0.2) is 0 Å². The number of amides is 2. The summed E-state index contributed by atoms with van der Waals surface area (Å²) < 4.78 is 5.40. The summed E-state index contributed by atoms with van der Waals surface area (Å²) in [5.74, 6) is 0.270. The predicted molar refractivity (Wildman–Crippen MR) is 103 cm³/mol. The summed E-state index contributed by atoms with van der Waals surface area (Å²) in [4.78, 5) is 26.6. The molecule has 0 aliphatic carbocycles. The summed E-state index contributed by atoms with van der Waals surface area (Å²) in [6.07, 6.45) is 0.232. The number of rotatable bonds is 5. The van der Waals surface area contributed by atoms with Gasteiger partial charge in [-0.05, 0) is 68.3 Å². The number of anilines is 2. The quantitative estimate of drug-likeness (QED) is 0.893. The zero-order valence-electron chi connectivity index (χ0n) is 15.4. The van der Waals surface area contributed by atoms with Gasteiger partial charge >= 0.3 is 0 Å². The van der Waals surface area contributed by atoms with E-state index in [1.165, 1.54) is 5.56 Å². The third-order valence-corrected chi connectivity index (χ3v) is 4.73. The fraction of sp³-hybridized carbons (Fsp3) is 0.333. The van der Waals surface area contributed by atoms with Crippen LogP contribution in [0.25, 0.3) is 0 Å². The molecule has 0 radical (unpaired) electrons. The number of hydrogen-bond donors (Lipinski definition) is 1. The maximum Gasteiger partial charge on any atom is 0.229 e. The van der Waals surface area contributed by atoms with Gasteiger partial charge in [-0.1, -0.05) is 6.07 Å². The van der Waals surface area contributed by atoms with Gasteiger partial charge in [-0.3, -0.25) is 9.59 Å². The number of ether oxygens (including phenoxy) is 1. The summed E-state index contributed by atoms with van der Waals surface area (Å²) >= 11 is 0. The van der Waals surface area contributed by atoms with Crippen LogP contribution in [-0.2, 0) is 9.59 Å². The van der Waals surface area contributed by atoms with E-state index in [0.29, 0.717) is 18.8 Å². The van der Waals surface area contributed by atoms with Crippen LogP contribution in [0.15, 0.2) is 42.5 Å². The van der Waals surface area contributed by atoms with Crippen molar-refractivity contribution in [2.75, 3.05) is 23.4 Å². The first-order chi connectivity index (χ1) is 12.5. The van der Waals surface area contributed by atoms with Crippen molar-refractivity contribution in [3.05, 3.63) is 53.6 Å². The third-order valence-electron chi connectivity index (χ3n) is 4.73. The van der Waals surface area contributed by atoms with Gasteiger partial charge in [-0.25, -0.2) is 0 Å². The lowest BCUT2D eigenvalue weighted by Crippen LogP contribution is -2.28. The molecule has 0 unspecified atom stereocenters. The van der Waals surface area contributed by atoms with Crippen LogP contribution in [-0.4, -0.2) is 25.0 Å². The molecule has 3 rings (SSSR count). The molecule has 0 saturated carbocycles. The van der Waals surface area contributed by atoms with E-state index in [0.717, 1.165) is 17.0 Å². The molecule has 26 heavy (non-hydrogen) atoms. The summed E-state index contributed by atoms with van der Waals surface area (Å²) in [5, 5.41) is 2.89. The molecule has 136 valence electrons. The second-order valence-electron chi connectivity index (χ2n) is 6.62. The normalized spacial score (nSPS) is 16.7. The standard InChI is InChI=1S/C21H24N2O3/c1-4-26-19-9-6-17(7-10-19)22-21(25)16-12-20(24)23(13-16)18-8-5-14(2)15(3)11-18/h5-11,16H,4,12-13H2,1-3H3,(H,22,25)/t16-/m0/s1.